The van der Waals surface area contributed by atoms with E-state index in [0.717, 1.165) is 0 Å². The van der Waals surface area contributed by atoms with Crippen LogP contribution < -0.4 is 4.72 Å². The molecule has 0 aliphatic rings. The van der Waals surface area contributed by atoms with Crippen LogP contribution in [0.3, 0.4) is 0 Å². The summed E-state index contributed by atoms with van der Waals surface area (Å²) in [7, 11) is -3.66. The summed E-state index contributed by atoms with van der Waals surface area (Å²) in [6.07, 6.45) is 0. The Morgan fingerprint density at radius 2 is 2.27 bits per heavy atom. The number of aryl methyl sites for hydroxylation is 1. The molecule has 0 radical (unpaired) electrons. The summed E-state index contributed by atoms with van der Waals surface area (Å²) in [6, 6.07) is 4.42. The van der Waals surface area contributed by atoms with E-state index >= 15 is 0 Å². The lowest BCUT2D eigenvalue weighted by molar-refractivity contribution is 0.584. The summed E-state index contributed by atoms with van der Waals surface area (Å²) < 4.78 is 25.3. The summed E-state index contributed by atoms with van der Waals surface area (Å²) in [6.45, 7) is 1.26. The third-order valence-electron chi connectivity index (χ3n) is 1.63. The predicted octanol–water partition coefficient (Wildman–Crippen LogP) is 0.845. The number of nitrogens with zero attached hydrogens (tertiary/aromatic N) is 2. The minimum absolute atomic E-state index is 0.0298. The average molecular weight is 246 g/mol. The Morgan fingerprint density at radius 3 is 2.80 bits per heavy atom. The van der Waals surface area contributed by atoms with Gasteiger partial charge in [-0.05, 0) is 19.1 Å². The predicted molar refractivity (Wildman–Crippen MR) is 54.8 cm³/mol. The van der Waals surface area contributed by atoms with Crippen LogP contribution in [0.4, 0.5) is 0 Å². The first kappa shape index (κ1) is 11.9. The number of aromatic nitrogens is 1. The molecule has 7 heteroatoms. The monoisotopic (exact) mass is 245 g/mol. The first-order chi connectivity index (χ1) is 6.97. The molecule has 0 amide bonds. The molecular formula is C8H8ClN3O2S. The number of sulfonamides is 1. The topological polar surface area (TPSA) is 82.8 Å². The van der Waals surface area contributed by atoms with Crippen LogP contribution in [-0.2, 0) is 10.0 Å². The molecule has 80 valence electrons. The van der Waals surface area contributed by atoms with E-state index in [1.54, 1.807) is 6.07 Å². The van der Waals surface area contributed by atoms with Crippen molar-refractivity contribution in [1.29, 1.82) is 5.26 Å². The van der Waals surface area contributed by atoms with Gasteiger partial charge in [0, 0.05) is 0 Å². The standard InChI is InChI=1S/C8H8ClN3O2S/c1-6-7(2-3-8(9)12-6)15(13,14)11-5-4-10/h2-3,11H,5H2,1H3. The van der Waals surface area contributed by atoms with Crippen LogP contribution in [0.5, 0.6) is 0 Å². The van der Waals surface area contributed by atoms with Gasteiger partial charge in [-0.2, -0.15) is 9.98 Å². The first-order valence-corrected chi connectivity index (χ1v) is 5.83. The molecule has 1 N–H and O–H groups in total. The van der Waals surface area contributed by atoms with Crippen molar-refractivity contribution in [3.63, 3.8) is 0 Å². The number of nitrogens with one attached hydrogen (secondary N) is 1. The maximum atomic E-state index is 11.6. The van der Waals surface area contributed by atoms with Gasteiger partial charge in [0.25, 0.3) is 0 Å². The average Bonchev–Trinajstić information content (AvgIpc) is 2.14. The first-order valence-electron chi connectivity index (χ1n) is 3.97. The fourth-order valence-corrected chi connectivity index (χ4v) is 2.29. The molecular weight excluding hydrogens is 238 g/mol. The van der Waals surface area contributed by atoms with Crippen LogP contribution >= 0.6 is 11.6 Å². The van der Waals surface area contributed by atoms with Crippen molar-refractivity contribution in [2.75, 3.05) is 6.54 Å². The quantitative estimate of drug-likeness (QED) is 0.632. The third kappa shape index (κ3) is 2.89. The molecule has 1 aromatic rings. The maximum absolute atomic E-state index is 11.6. The van der Waals surface area contributed by atoms with E-state index in [4.69, 9.17) is 16.9 Å². The van der Waals surface area contributed by atoms with E-state index in [-0.39, 0.29) is 16.6 Å². The summed E-state index contributed by atoms with van der Waals surface area (Å²) in [4.78, 5) is 3.84. The molecule has 1 heterocycles. The highest BCUT2D eigenvalue weighted by atomic mass is 35.5. The van der Waals surface area contributed by atoms with E-state index < -0.39 is 10.0 Å². The number of nitriles is 1. The molecule has 1 aromatic heterocycles. The summed E-state index contributed by atoms with van der Waals surface area (Å²) in [5, 5.41) is 8.50. The van der Waals surface area contributed by atoms with E-state index in [1.165, 1.54) is 19.1 Å². The zero-order valence-electron chi connectivity index (χ0n) is 7.86. The molecule has 0 bridgehead atoms. The molecule has 0 saturated carbocycles. The van der Waals surface area contributed by atoms with Crippen LogP contribution in [0, 0.1) is 18.3 Å². The van der Waals surface area contributed by atoms with Gasteiger partial charge in [-0.25, -0.2) is 13.4 Å². The second-order valence-corrected chi connectivity index (χ2v) is 4.82. The fourth-order valence-electron chi connectivity index (χ4n) is 1.01. The van der Waals surface area contributed by atoms with Crippen LogP contribution in [0.1, 0.15) is 5.69 Å². The lowest BCUT2D eigenvalue weighted by atomic mass is 10.4. The molecule has 0 fully saturated rings. The number of pyridine rings is 1. The highest BCUT2D eigenvalue weighted by molar-refractivity contribution is 7.89. The summed E-state index contributed by atoms with van der Waals surface area (Å²) in [5.74, 6) is 0. The van der Waals surface area contributed by atoms with Crippen molar-refractivity contribution in [2.24, 2.45) is 0 Å². The van der Waals surface area contributed by atoms with Gasteiger partial charge in [0.1, 0.15) is 10.0 Å². The van der Waals surface area contributed by atoms with Gasteiger partial charge in [-0.3, -0.25) is 0 Å². The number of rotatable bonds is 3. The number of hydrogen-bond donors (Lipinski definition) is 1. The molecule has 1 rings (SSSR count). The Hall–Kier alpha value is -1.16. The van der Waals surface area contributed by atoms with E-state index in [0.29, 0.717) is 5.69 Å². The molecule has 0 unspecified atom stereocenters. The van der Waals surface area contributed by atoms with Gasteiger partial charge in [0.2, 0.25) is 10.0 Å². The SMILES string of the molecule is Cc1nc(Cl)ccc1S(=O)(=O)NCC#N. The van der Waals surface area contributed by atoms with Gasteiger partial charge in [-0.15, -0.1) is 0 Å². The largest absolute Gasteiger partial charge is 0.243 e. The summed E-state index contributed by atoms with van der Waals surface area (Å²) >= 11 is 5.59. The molecule has 5 nitrogen and oxygen atoms in total. The van der Waals surface area contributed by atoms with Crippen LogP contribution in [0.2, 0.25) is 5.15 Å². The number of halogens is 1. The summed E-state index contributed by atoms with van der Waals surface area (Å²) in [5.41, 5.74) is 0.299. The minimum atomic E-state index is -3.66. The van der Waals surface area contributed by atoms with Gasteiger partial charge in [0.05, 0.1) is 18.3 Å². The van der Waals surface area contributed by atoms with E-state index in [1.807, 2.05) is 0 Å². The van der Waals surface area contributed by atoms with E-state index in [2.05, 4.69) is 9.71 Å². The van der Waals surface area contributed by atoms with E-state index in [9.17, 15) is 8.42 Å². The third-order valence-corrected chi connectivity index (χ3v) is 3.38. The van der Waals surface area contributed by atoms with Crippen molar-refractivity contribution in [2.45, 2.75) is 11.8 Å². The van der Waals surface area contributed by atoms with Crippen molar-refractivity contribution in [3.8, 4) is 6.07 Å². The molecule has 0 spiro atoms. The zero-order valence-corrected chi connectivity index (χ0v) is 9.43. The van der Waals surface area contributed by atoms with Crippen molar-refractivity contribution in [3.05, 3.63) is 23.0 Å². The molecule has 0 aliphatic carbocycles. The van der Waals surface area contributed by atoms with Crippen molar-refractivity contribution < 1.29 is 8.42 Å². The Bertz CT molecular complexity index is 507. The molecule has 0 atom stereocenters. The lowest BCUT2D eigenvalue weighted by Crippen LogP contribution is -2.24. The number of hydrogen-bond acceptors (Lipinski definition) is 4. The highest BCUT2D eigenvalue weighted by Gasteiger charge is 2.16. The fraction of sp³-hybridized carbons (Fsp3) is 0.250. The van der Waals surface area contributed by atoms with Gasteiger partial charge in [0.15, 0.2) is 0 Å². The Balaban J connectivity index is 3.12. The normalized spacial score (nSPS) is 11.0. The smallest absolute Gasteiger partial charge is 0.240 e. The van der Waals surface area contributed by atoms with Gasteiger partial charge < -0.3 is 0 Å². The Kier molecular flexibility index (Phi) is 3.63. The highest BCUT2D eigenvalue weighted by Crippen LogP contribution is 2.15. The second kappa shape index (κ2) is 4.57. The van der Waals surface area contributed by atoms with Crippen LogP contribution in [-0.4, -0.2) is 19.9 Å². The van der Waals surface area contributed by atoms with Crippen molar-refractivity contribution in [1.82, 2.24) is 9.71 Å². The Labute approximate surface area is 92.8 Å². The molecule has 0 saturated heterocycles. The molecule has 15 heavy (non-hydrogen) atoms. The van der Waals surface area contributed by atoms with Gasteiger partial charge >= 0.3 is 0 Å². The zero-order chi connectivity index (χ0) is 11.5. The molecule has 0 aliphatic heterocycles. The van der Waals surface area contributed by atoms with Crippen LogP contribution in [0.25, 0.3) is 0 Å². The minimum Gasteiger partial charge on any atom is -0.240 e. The van der Waals surface area contributed by atoms with Crippen molar-refractivity contribution >= 4 is 21.6 Å². The molecule has 0 aromatic carbocycles. The van der Waals surface area contributed by atoms with Gasteiger partial charge in [-0.1, -0.05) is 11.6 Å². The maximum Gasteiger partial charge on any atom is 0.243 e. The second-order valence-electron chi connectivity index (χ2n) is 2.70. The Morgan fingerprint density at radius 1 is 1.60 bits per heavy atom. The lowest BCUT2D eigenvalue weighted by Gasteiger charge is -2.05. The van der Waals surface area contributed by atoms with Crippen LogP contribution in [0.15, 0.2) is 17.0 Å².